The van der Waals surface area contributed by atoms with Gasteiger partial charge in [-0.25, -0.2) is 0 Å². The van der Waals surface area contributed by atoms with E-state index < -0.39 is 7.60 Å². The first-order chi connectivity index (χ1) is 6.91. The van der Waals surface area contributed by atoms with Crippen LogP contribution in [0.5, 0.6) is 0 Å². The Labute approximate surface area is 90.9 Å². The van der Waals surface area contributed by atoms with Crippen molar-refractivity contribution in [2.75, 3.05) is 0 Å². The fourth-order valence-electron chi connectivity index (χ4n) is 1.88. The third-order valence-electron chi connectivity index (χ3n) is 3.01. The Morgan fingerprint density at radius 1 is 1.20 bits per heavy atom. The highest BCUT2D eigenvalue weighted by Gasteiger charge is 2.20. The first-order valence-electron chi connectivity index (χ1n) is 5.41. The van der Waals surface area contributed by atoms with Gasteiger partial charge in [-0.15, -0.1) is 0 Å². The van der Waals surface area contributed by atoms with Crippen LogP contribution in [-0.2, 0) is 4.57 Å². The van der Waals surface area contributed by atoms with E-state index in [2.05, 4.69) is 5.32 Å². The zero-order valence-electron chi connectivity index (χ0n) is 9.36. The van der Waals surface area contributed by atoms with Gasteiger partial charge in [-0.3, -0.25) is 4.57 Å². The van der Waals surface area contributed by atoms with Crippen molar-refractivity contribution in [2.24, 2.45) is 0 Å². The number of rotatable bonds is 3. The second-order valence-electron chi connectivity index (χ2n) is 4.23. The highest BCUT2D eigenvalue weighted by molar-refractivity contribution is 7.56. The molecular formula is C10H20NO3P. The first-order valence-corrected chi connectivity index (χ1v) is 7.02. The van der Waals surface area contributed by atoms with Crippen molar-refractivity contribution in [2.45, 2.75) is 52.0 Å². The van der Waals surface area contributed by atoms with Gasteiger partial charge in [0.05, 0.1) is 5.31 Å². The number of hydrogen-bond acceptors (Lipinski definition) is 2. The summed E-state index contributed by atoms with van der Waals surface area (Å²) in [6, 6.07) is 0.389. The van der Waals surface area contributed by atoms with Crippen molar-refractivity contribution < 1.29 is 14.4 Å². The molecule has 0 aromatic carbocycles. The molecule has 0 radical (unpaired) electrons. The first kappa shape index (κ1) is 12.8. The van der Waals surface area contributed by atoms with Gasteiger partial charge in [0.2, 0.25) is 0 Å². The SMILES string of the molecule is CC(NC1CCCCC1)=C(C)P(=O)(O)O. The molecule has 0 spiro atoms. The summed E-state index contributed by atoms with van der Waals surface area (Å²) >= 11 is 0. The fraction of sp³-hybridized carbons (Fsp3) is 0.800. The lowest BCUT2D eigenvalue weighted by atomic mass is 9.95. The largest absolute Gasteiger partial charge is 0.385 e. The minimum absolute atomic E-state index is 0.160. The minimum Gasteiger partial charge on any atom is -0.385 e. The number of nitrogens with one attached hydrogen (secondary N) is 1. The highest BCUT2D eigenvalue weighted by atomic mass is 31.2. The molecule has 0 bridgehead atoms. The molecule has 0 aliphatic heterocycles. The maximum atomic E-state index is 11.0. The van der Waals surface area contributed by atoms with Crippen LogP contribution in [0.1, 0.15) is 46.0 Å². The molecule has 4 nitrogen and oxygen atoms in total. The molecule has 1 rings (SSSR count). The topological polar surface area (TPSA) is 69.6 Å². The molecule has 0 amide bonds. The number of allylic oxidation sites excluding steroid dienone is 2. The summed E-state index contributed by atoms with van der Waals surface area (Å²) in [6.45, 7) is 3.23. The average molecular weight is 233 g/mol. The molecule has 15 heavy (non-hydrogen) atoms. The van der Waals surface area contributed by atoms with E-state index in [4.69, 9.17) is 9.79 Å². The van der Waals surface area contributed by atoms with Crippen molar-refractivity contribution in [1.29, 1.82) is 0 Å². The molecule has 1 aliphatic rings. The lowest BCUT2D eigenvalue weighted by Crippen LogP contribution is -2.30. The van der Waals surface area contributed by atoms with Crippen LogP contribution in [-0.4, -0.2) is 15.8 Å². The molecule has 0 atom stereocenters. The zero-order valence-corrected chi connectivity index (χ0v) is 10.3. The normalized spacial score (nSPS) is 21.1. The summed E-state index contributed by atoms with van der Waals surface area (Å²) in [6.07, 6.45) is 5.90. The molecule has 1 fully saturated rings. The summed E-state index contributed by atoms with van der Waals surface area (Å²) in [5.74, 6) is 0. The highest BCUT2D eigenvalue weighted by Crippen LogP contribution is 2.45. The lowest BCUT2D eigenvalue weighted by Gasteiger charge is -2.25. The third-order valence-corrected chi connectivity index (χ3v) is 4.21. The summed E-state index contributed by atoms with van der Waals surface area (Å²) in [4.78, 5) is 18.0. The smallest absolute Gasteiger partial charge is 0.353 e. The second kappa shape index (κ2) is 5.15. The van der Waals surface area contributed by atoms with E-state index in [-0.39, 0.29) is 5.31 Å². The van der Waals surface area contributed by atoms with Crippen LogP contribution in [0.4, 0.5) is 0 Å². The van der Waals surface area contributed by atoms with E-state index in [1.54, 1.807) is 6.92 Å². The maximum absolute atomic E-state index is 11.0. The molecular weight excluding hydrogens is 213 g/mol. The van der Waals surface area contributed by atoms with Gasteiger partial charge in [0.25, 0.3) is 0 Å². The van der Waals surface area contributed by atoms with Crippen molar-refractivity contribution in [3.05, 3.63) is 11.0 Å². The van der Waals surface area contributed by atoms with Gasteiger partial charge in [0.1, 0.15) is 0 Å². The Balaban J connectivity index is 2.60. The van der Waals surface area contributed by atoms with Crippen LogP contribution in [0.2, 0.25) is 0 Å². The Hall–Kier alpha value is -0.310. The molecule has 3 N–H and O–H groups in total. The van der Waals surface area contributed by atoms with E-state index in [0.717, 1.165) is 12.8 Å². The Bertz CT molecular complexity index is 289. The predicted octanol–water partition coefficient (Wildman–Crippen LogP) is 2.34. The van der Waals surface area contributed by atoms with E-state index >= 15 is 0 Å². The van der Waals surface area contributed by atoms with Gasteiger partial charge in [-0.1, -0.05) is 19.3 Å². The Kier molecular flexibility index (Phi) is 4.38. The summed E-state index contributed by atoms with van der Waals surface area (Å²) < 4.78 is 11.0. The Morgan fingerprint density at radius 2 is 1.73 bits per heavy atom. The van der Waals surface area contributed by atoms with Gasteiger partial charge in [-0.05, 0) is 26.7 Å². The molecule has 88 valence electrons. The van der Waals surface area contributed by atoms with Gasteiger partial charge >= 0.3 is 7.60 Å². The Morgan fingerprint density at radius 3 is 2.20 bits per heavy atom. The van der Waals surface area contributed by atoms with Crippen molar-refractivity contribution >= 4 is 7.60 Å². The molecule has 1 aliphatic carbocycles. The van der Waals surface area contributed by atoms with Crippen LogP contribution in [0.25, 0.3) is 0 Å². The van der Waals surface area contributed by atoms with Crippen LogP contribution < -0.4 is 5.32 Å². The van der Waals surface area contributed by atoms with E-state index in [9.17, 15) is 4.57 Å². The second-order valence-corrected chi connectivity index (χ2v) is 5.99. The average Bonchev–Trinajstić information content (AvgIpc) is 2.16. The van der Waals surface area contributed by atoms with Crippen molar-refractivity contribution in [1.82, 2.24) is 5.32 Å². The molecule has 0 unspecified atom stereocenters. The van der Waals surface area contributed by atoms with Crippen LogP contribution in [0.3, 0.4) is 0 Å². The fourth-order valence-corrected chi connectivity index (χ4v) is 2.38. The molecule has 5 heteroatoms. The zero-order chi connectivity index (χ0) is 11.5. The molecule has 0 aromatic rings. The van der Waals surface area contributed by atoms with Crippen molar-refractivity contribution in [3.63, 3.8) is 0 Å². The molecule has 0 heterocycles. The van der Waals surface area contributed by atoms with Crippen molar-refractivity contribution in [3.8, 4) is 0 Å². The van der Waals surface area contributed by atoms with Gasteiger partial charge in [-0.2, -0.15) is 0 Å². The minimum atomic E-state index is -4.06. The van der Waals surface area contributed by atoms with Crippen LogP contribution in [0.15, 0.2) is 11.0 Å². The lowest BCUT2D eigenvalue weighted by molar-refractivity contribution is 0.377. The summed E-state index contributed by atoms with van der Waals surface area (Å²) in [7, 11) is -4.06. The molecule has 1 saturated carbocycles. The number of hydrogen-bond donors (Lipinski definition) is 3. The van der Waals surface area contributed by atoms with E-state index in [0.29, 0.717) is 11.7 Å². The predicted molar refractivity (Wildman–Crippen MR) is 60.4 cm³/mol. The van der Waals surface area contributed by atoms with Gasteiger partial charge in [0, 0.05) is 11.7 Å². The monoisotopic (exact) mass is 233 g/mol. The van der Waals surface area contributed by atoms with Crippen LogP contribution in [0, 0.1) is 0 Å². The summed E-state index contributed by atoms with van der Waals surface area (Å²) in [5, 5.41) is 3.37. The third kappa shape index (κ3) is 3.98. The van der Waals surface area contributed by atoms with Crippen LogP contribution >= 0.6 is 7.60 Å². The standard InChI is InChI=1S/C10H20NO3P/c1-8(9(2)15(12,13)14)11-10-6-4-3-5-7-10/h10-11H,3-7H2,1-2H3,(H2,12,13,14). The van der Waals surface area contributed by atoms with Gasteiger partial charge < -0.3 is 15.1 Å². The van der Waals surface area contributed by atoms with E-state index in [1.165, 1.54) is 26.2 Å². The molecule has 0 saturated heterocycles. The summed E-state index contributed by atoms with van der Waals surface area (Å²) in [5.41, 5.74) is 0.634. The van der Waals surface area contributed by atoms with E-state index in [1.807, 2.05) is 0 Å². The quantitative estimate of drug-likeness (QED) is 0.654. The molecule has 0 aromatic heterocycles. The van der Waals surface area contributed by atoms with Gasteiger partial charge in [0.15, 0.2) is 0 Å². The maximum Gasteiger partial charge on any atom is 0.353 e.